The lowest BCUT2D eigenvalue weighted by Crippen LogP contribution is -2.40. The van der Waals surface area contributed by atoms with Crippen molar-refractivity contribution in [2.75, 3.05) is 31.2 Å². The highest BCUT2D eigenvalue weighted by Gasteiger charge is 2.43. The molecule has 1 atom stereocenters. The predicted octanol–water partition coefficient (Wildman–Crippen LogP) is 4.08. The summed E-state index contributed by atoms with van der Waals surface area (Å²) in [7, 11) is 0. The number of aryl methyl sites for hydroxylation is 2. The van der Waals surface area contributed by atoms with Crippen LogP contribution in [0.4, 0.5) is 5.69 Å². The van der Waals surface area contributed by atoms with Gasteiger partial charge in [0.2, 0.25) is 0 Å². The Kier molecular flexibility index (Phi) is 6.84. The van der Waals surface area contributed by atoms with Gasteiger partial charge in [-0.2, -0.15) is 0 Å². The minimum atomic E-state index is -0.319. The van der Waals surface area contributed by atoms with Crippen molar-refractivity contribution in [2.45, 2.75) is 40.0 Å². The third-order valence-corrected chi connectivity index (χ3v) is 6.35. The number of carbonyl (C=O) groups is 2. The van der Waals surface area contributed by atoms with E-state index in [1.54, 1.807) is 18.2 Å². The predicted molar refractivity (Wildman–Crippen MR) is 129 cm³/mol. The molecule has 2 heterocycles. The summed E-state index contributed by atoms with van der Waals surface area (Å²) < 4.78 is 5.74. The van der Waals surface area contributed by atoms with Gasteiger partial charge in [-0.3, -0.25) is 9.59 Å². The number of rotatable bonds is 7. The van der Waals surface area contributed by atoms with Gasteiger partial charge in [0.25, 0.3) is 11.8 Å². The molecule has 6 nitrogen and oxygen atoms in total. The van der Waals surface area contributed by atoms with E-state index in [9.17, 15) is 14.7 Å². The fraction of sp³-hybridized carbons (Fsp3) is 0.407. The van der Waals surface area contributed by atoms with E-state index in [4.69, 9.17) is 4.74 Å². The third kappa shape index (κ3) is 4.53. The van der Waals surface area contributed by atoms with Crippen molar-refractivity contribution in [1.82, 2.24) is 4.90 Å². The number of aliphatic hydroxyl groups excluding tert-OH is 1. The summed E-state index contributed by atoms with van der Waals surface area (Å²) in [6.07, 6.45) is 2.66. The minimum absolute atomic E-state index is 0.0747. The summed E-state index contributed by atoms with van der Waals surface area (Å²) in [6, 6.07) is 13.1. The maximum atomic E-state index is 13.8. The number of hydrogen-bond donors (Lipinski definition) is 1. The van der Waals surface area contributed by atoms with Crippen LogP contribution in [0.25, 0.3) is 5.57 Å². The zero-order chi connectivity index (χ0) is 23.5. The van der Waals surface area contributed by atoms with Gasteiger partial charge in [-0.25, -0.2) is 4.90 Å². The first-order valence-corrected chi connectivity index (χ1v) is 11.7. The average Bonchev–Trinajstić information content (AvgIpc) is 3.07. The van der Waals surface area contributed by atoms with Gasteiger partial charge in [0.1, 0.15) is 11.4 Å². The quantitative estimate of drug-likeness (QED) is 0.647. The zero-order valence-electron chi connectivity index (χ0n) is 19.6. The highest BCUT2D eigenvalue weighted by molar-refractivity contribution is 6.45. The zero-order valence-corrected chi connectivity index (χ0v) is 19.6. The molecule has 0 radical (unpaired) electrons. The second-order valence-corrected chi connectivity index (χ2v) is 8.97. The smallest absolute Gasteiger partial charge is 0.282 e. The first-order chi connectivity index (χ1) is 15.9. The fourth-order valence-electron chi connectivity index (χ4n) is 4.73. The first-order valence-electron chi connectivity index (χ1n) is 11.7. The van der Waals surface area contributed by atoms with Crippen molar-refractivity contribution in [3.8, 4) is 5.75 Å². The van der Waals surface area contributed by atoms with Gasteiger partial charge in [-0.1, -0.05) is 36.8 Å². The van der Waals surface area contributed by atoms with Gasteiger partial charge >= 0.3 is 0 Å². The highest BCUT2D eigenvalue weighted by atomic mass is 16.5. The topological polar surface area (TPSA) is 70.1 Å². The molecule has 0 spiro atoms. The van der Waals surface area contributed by atoms with Gasteiger partial charge in [-0.05, 0) is 62.3 Å². The SMILES string of the molecule is CCCOc1cccc(N2C(=O)C(c3ccc(C)cc3C)=C(N3CCCC(CO)C3)C2=O)c1. The molecule has 2 aromatic rings. The Balaban J connectivity index is 1.79. The van der Waals surface area contributed by atoms with E-state index < -0.39 is 0 Å². The molecule has 1 unspecified atom stereocenters. The van der Waals surface area contributed by atoms with Gasteiger partial charge < -0.3 is 14.7 Å². The van der Waals surface area contributed by atoms with Crippen LogP contribution in [0.2, 0.25) is 0 Å². The minimum Gasteiger partial charge on any atom is -0.494 e. The van der Waals surface area contributed by atoms with Crippen molar-refractivity contribution in [2.24, 2.45) is 5.92 Å². The normalized spacial score (nSPS) is 19.0. The highest BCUT2D eigenvalue weighted by Crippen LogP contribution is 2.38. The van der Waals surface area contributed by atoms with Crippen LogP contribution in [0.15, 0.2) is 48.2 Å². The van der Waals surface area contributed by atoms with Crippen LogP contribution in [0, 0.1) is 19.8 Å². The Bertz CT molecular complexity index is 1090. The molecule has 4 rings (SSSR count). The van der Waals surface area contributed by atoms with Crippen molar-refractivity contribution >= 4 is 23.1 Å². The van der Waals surface area contributed by atoms with Crippen LogP contribution in [-0.2, 0) is 9.59 Å². The number of imide groups is 1. The Morgan fingerprint density at radius 2 is 1.91 bits per heavy atom. The van der Waals surface area contributed by atoms with Gasteiger partial charge in [0, 0.05) is 25.8 Å². The van der Waals surface area contributed by atoms with Gasteiger partial charge in [-0.15, -0.1) is 0 Å². The number of ether oxygens (including phenoxy) is 1. The van der Waals surface area contributed by atoms with Crippen molar-refractivity contribution in [3.05, 3.63) is 64.9 Å². The molecule has 2 amide bonds. The maximum absolute atomic E-state index is 13.8. The first kappa shape index (κ1) is 23.1. The van der Waals surface area contributed by atoms with Crippen molar-refractivity contribution in [3.63, 3.8) is 0 Å². The average molecular weight is 449 g/mol. The van der Waals surface area contributed by atoms with Crippen LogP contribution in [0.1, 0.15) is 42.9 Å². The molecule has 0 aromatic heterocycles. The van der Waals surface area contributed by atoms with Gasteiger partial charge in [0.15, 0.2) is 0 Å². The van der Waals surface area contributed by atoms with E-state index >= 15 is 0 Å². The summed E-state index contributed by atoms with van der Waals surface area (Å²) in [6.45, 7) is 7.91. The van der Waals surface area contributed by atoms with Crippen molar-refractivity contribution < 1.29 is 19.4 Å². The fourth-order valence-corrected chi connectivity index (χ4v) is 4.73. The summed E-state index contributed by atoms with van der Waals surface area (Å²) in [5, 5.41) is 9.74. The Morgan fingerprint density at radius 3 is 2.64 bits per heavy atom. The van der Waals surface area contributed by atoms with E-state index in [-0.39, 0.29) is 24.3 Å². The van der Waals surface area contributed by atoms with E-state index in [0.717, 1.165) is 36.0 Å². The summed E-state index contributed by atoms with van der Waals surface area (Å²) >= 11 is 0. The van der Waals surface area contributed by atoms with E-state index in [1.165, 1.54) is 4.90 Å². The second-order valence-electron chi connectivity index (χ2n) is 8.97. The molecule has 6 heteroatoms. The molecule has 0 aliphatic carbocycles. The van der Waals surface area contributed by atoms with Crippen LogP contribution >= 0.6 is 0 Å². The number of hydrogen-bond acceptors (Lipinski definition) is 5. The standard InChI is InChI=1S/C27H32N2O4/c1-4-13-33-22-9-5-8-21(15-22)29-26(31)24(23-11-10-18(2)14-19(23)3)25(27(29)32)28-12-6-7-20(16-28)17-30/h5,8-11,14-15,20,30H,4,6-7,12-13,16-17H2,1-3H3. The molecule has 174 valence electrons. The largest absolute Gasteiger partial charge is 0.494 e. The lowest BCUT2D eigenvalue weighted by Gasteiger charge is -2.34. The van der Waals surface area contributed by atoms with Crippen LogP contribution in [-0.4, -0.2) is 48.1 Å². The van der Waals surface area contributed by atoms with Crippen molar-refractivity contribution in [1.29, 1.82) is 0 Å². The molecular formula is C27H32N2O4. The summed E-state index contributed by atoms with van der Waals surface area (Å²) in [5.74, 6) is 0.0889. The molecule has 2 aliphatic heterocycles. The molecular weight excluding hydrogens is 416 g/mol. The monoisotopic (exact) mass is 448 g/mol. The number of benzene rings is 2. The van der Waals surface area contributed by atoms with E-state index in [1.807, 2.05) is 49.9 Å². The van der Waals surface area contributed by atoms with E-state index in [2.05, 4.69) is 0 Å². The second kappa shape index (κ2) is 9.79. The molecule has 2 aromatic carbocycles. The molecule has 1 fully saturated rings. The lowest BCUT2D eigenvalue weighted by atomic mass is 9.95. The van der Waals surface area contributed by atoms with Crippen LogP contribution < -0.4 is 9.64 Å². The summed E-state index contributed by atoms with van der Waals surface area (Å²) in [5.41, 5.74) is 4.22. The van der Waals surface area contributed by atoms with Gasteiger partial charge in [0.05, 0.1) is 17.9 Å². The molecule has 33 heavy (non-hydrogen) atoms. The number of nitrogens with zero attached hydrogens (tertiary/aromatic N) is 2. The van der Waals surface area contributed by atoms with Crippen LogP contribution in [0.3, 0.4) is 0 Å². The third-order valence-electron chi connectivity index (χ3n) is 6.35. The lowest BCUT2D eigenvalue weighted by molar-refractivity contribution is -0.120. The van der Waals surface area contributed by atoms with Crippen LogP contribution in [0.5, 0.6) is 5.75 Å². The Morgan fingerprint density at radius 1 is 1.09 bits per heavy atom. The molecule has 0 bridgehead atoms. The number of amides is 2. The molecule has 0 saturated carbocycles. The number of likely N-dealkylation sites (tertiary alicyclic amines) is 1. The molecule has 1 saturated heterocycles. The molecule has 2 aliphatic rings. The number of anilines is 1. The number of piperidine rings is 1. The maximum Gasteiger partial charge on any atom is 0.282 e. The number of aliphatic hydroxyl groups is 1. The van der Waals surface area contributed by atoms with E-state index in [0.29, 0.717) is 42.4 Å². The Labute approximate surface area is 195 Å². The number of carbonyl (C=O) groups excluding carboxylic acids is 2. The summed E-state index contributed by atoms with van der Waals surface area (Å²) in [4.78, 5) is 30.9. The Hall–Kier alpha value is -3.12. The molecule has 1 N–H and O–H groups in total.